The highest BCUT2D eigenvalue weighted by molar-refractivity contribution is 6.77. The van der Waals surface area contributed by atoms with Crippen LogP contribution in [0.4, 0.5) is 0 Å². The largest absolute Gasteiger partial charge is 0.500 e. The Hall–Kier alpha value is 0.274. The molecule has 0 aliphatic rings. The first-order valence-corrected chi connectivity index (χ1v) is 12.3. The van der Waals surface area contributed by atoms with Gasteiger partial charge in [-0.3, -0.25) is 0 Å². The second-order valence-electron chi connectivity index (χ2n) is 6.98. The van der Waals surface area contributed by atoms with Crippen LogP contribution in [0.3, 0.4) is 0 Å². The molecule has 0 aliphatic heterocycles. The van der Waals surface area contributed by atoms with Gasteiger partial charge in [-0.05, 0) is 31.5 Å². The van der Waals surface area contributed by atoms with Gasteiger partial charge in [0.25, 0.3) is 0 Å². The molecule has 0 saturated heterocycles. The highest BCUT2D eigenvalue weighted by atomic mass is 28.4. The predicted molar refractivity (Wildman–Crippen MR) is 90.6 cm³/mol. The molecule has 0 aromatic heterocycles. The second kappa shape index (κ2) is 8.05. The van der Waals surface area contributed by atoms with Crippen molar-refractivity contribution in [3.63, 3.8) is 0 Å². The minimum atomic E-state index is -2.38. The maximum absolute atomic E-state index is 5.45. The molecule has 0 radical (unpaired) electrons. The molecule has 0 aromatic rings. The van der Waals surface area contributed by atoms with Crippen molar-refractivity contribution in [2.45, 2.75) is 57.8 Å². The third kappa shape index (κ3) is 5.23. The molecule has 0 unspecified atom stereocenters. The zero-order valence-electron chi connectivity index (χ0n) is 15.0. The van der Waals surface area contributed by atoms with Crippen LogP contribution in [0.25, 0.3) is 0 Å². The number of nitrogens with zero attached hydrogens (tertiary/aromatic N) is 1. The molecule has 0 atom stereocenters. The van der Waals surface area contributed by atoms with Crippen LogP contribution in [0.2, 0.25) is 24.2 Å². The molecule has 0 aliphatic carbocycles. The van der Waals surface area contributed by atoms with E-state index >= 15 is 0 Å². The summed E-state index contributed by atoms with van der Waals surface area (Å²) in [5, 5.41) is 0.395. The van der Waals surface area contributed by atoms with Crippen LogP contribution < -0.4 is 0 Å². The lowest BCUT2D eigenvalue weighted by Gasteiger charge is -2.44. The van der Waals surface area contributed by atoms with Crippen LogP contribution >= 0.6 is 0 Å². The van der Waals surface area contributed by atoms with E-state index in [2.05, 4.69) is 45.5 Å². The van der Waals surface area contributed by atoms with Crippen LogP contribution in [0.15, 0.2) is 0 Å². The number of hydrogen-bond acceptors (Lipinski definition) is 4. The Kier molecular flexibility index (Phi) is 8.16. The van der Waals surface area contributed by atoms with E-state index in [1.807, 2.05) is 0 Å². The van der Waals surface area contributed by atoms with Crippen molar-refractivity contribution >= 4 is 17.0 Å². The van der Waals surface area contributed by atoms with Gasteiger partial charge in [-0.2, -0.15) is 0 Å². The van der Waals surface area contributed by atoms with Crippen molar-refractivity contribution in [1.82, 2.24) is 4.57 Å². The van der Waals surface area contributed by atoms with Crippen LogP contribution in [0.5, 0.6) is 0 Å². The minimum absolute atomic E-state index is 0.395. The molecule has 0 saturated carbocycles. The number of hydrogen-bond donors (Lipinski definition) is 0. The Balaban J connectivity index is 4.26. The molecule has 6 heteroatoms. The predicted octanol–water partition coefficient (Wildman–Crippen LogP) is 3.58. The normalized spacial score (nSPS) is 14.1. The van der Waals surface area contributed by atoms with Crippen molar-refractivity contribution in [3.8, 4) is 0 Å². The van der Waals surface area contributed by atoms with Crippen LogP contribution in [-0.2, 0) is 13.3 Å². The Morgan fingerprint density at radius 1 is 0.900 bits per heavy atom. The average molecular weight is 322 g/mol. The first kappa shape index (κ1) is 20.3. The summed E-state index contributed by atoms with van der Waals surface area (Å²) in [6, 6.07) is 0.891. The Morgan fingerprint density at radius 3 is 1.70 bits per heavy atom. The number of unbranched alkanes of at least 4 members (excludes halogenated alkanes) is 1. The van der Waals surface area contributed by atoms with Crippen molar-refractivity contribution in [1.29, 1.82) is 0 Å². The van der Waals surface area contributed by atoms with Crippen LogP contribution in [0.1, 0.15) is 33.6 Å². The van der Waals surface area contributed by atoms with Gasteiger partial charge in [0.1, 0.15) is 8.24 Å². The summed E-state index contributed by atoms with van der Waals surface area (Å²) < 4.78 is 18.9. The standard InChI is InChI=1S/C14H35NO3Si2/c1-14(2,3)19(8,9)15(4)12-10-11-13-20(16-5,17-6)18-7/h10-13H2,1-9H3. The lowest BCUT2D eigenvalue weighted by atomic mass is 10.2. The fraction of sp³-hybridized carbons (Fsp3) is 1.00. The molecule has 0 spiro atoms. The van der Waals surface area contributed by atoms with Gasteiger partial charge in [0.05, 0.1) is 0 Å². The van der Waals surface area contributed by atoms with Gasteiger partial charge in [-0.15, -0.1) is 0 Å². The quantitative estimate of drug-likeness (QED) is 0.480. The molecule has 0 rings (SSSR count). The van der Waals surface area contributed by atoms with E-state index in [9.17, 15) is 0 Å². The summed E-state index contributed by atoms with van der Waals surface area (Å²) >= 11 is 0. The topological polar surface area (TPSA) is 30.9 Å². The smallest absolute Gasteiger partial charge is 0.377 e. The zero-order chi connectivity index (χ0) is 16.0. The molecule has 20 heavy (non-hydrogen) atoms. The SMILES string of the molecule is CO[Si](CCCCN(C)[Si](C)(C)C(C)(C)C)(OC)OC. The Labute approximate surface area is 128 Å². The molecular weight excluding hydrogens is 286 g/mol. The monoisotopic (exact) mass is 321 g/mol. The van der Waals surface area contributed by atoms with Gasteiger partial charge < -0.3 is 17.8 Å². The van der Waals surface area contributed by atoms with Crippen molar-refractivity contribution < 1.29 is 13.3 Å². The Morgan fingerprint density at radius 2 is 1.35 bits per heavy atom. The number of rotatable bonds is 9. The summed E-state index contributed by atoms with van der Waals surface area (Å²) in [6.07, 6.45) is 2.24. The summed E-state index contributed by atoms with van der Waals surface area (Å²) in [7, 11) is 3.56. The first-order chi connectivity index (χ1) is 9.06. The van der Waals surface area contributed by atoms with E-state index in [0.29, 0.717) is 5.04 Å². The second-order valence-corrected chi connectivity index (χ2v) is 15.5. The van der Waals surface area contributed by atoms with E-state index in [1.165, 1.54) is 0 Å². The molecule has 0 fully saturated rings. The highest BCUT2D eigenvalue weighted by Crippen LogP contribution is 2.37. The minimum Gasteiger partial charge on any atom is -0.377 e. The van der Waals surface area contributed by atoms with Crippen molar-refractivity contribution in [2.75, 3.05) is 34.9 Å². The zero-order valence-corrected chi connectivity index (χ0v) is 17.0. The summed E-state index contributed by atoms with van der Waals surface area (Å²) in [4.78, 5) is 0. The van der Waals surface area contributed by atoms with Gasteiger partial charge in [0.15, 0.2) is 0 Å². The maximum atomic E-state index is 5.45. The molecule has 0 amide bonds. The first-order valence-electron chi connectivity index (χ1n) is 7.43. The molecule has 0 aromatic carbocycles. The lowest BCUT2D eigenvalue weighted by molar-refractivity contribution is 0.122. The van der Waals surface area contributed by atoms with E-state index < -0.39 is 17.0 Å². The van der Waals surface area contributed by atoms with Gasteiger partial charge in [0, 0.05) is 27.4 Å². The highest BCUT2D eigenvalue weighted by Gasteiger charge is 2.39. The Bertz CT molecular complexity index is 268. The summed E-state index contributed by atoms with van der Waals surface area (Å²) in [5.41, 5.74) is 0. The van der Waals surface area contributed by atoms with Crippen molar-refractivity contribution in [3.05, 3.63) is 0 Å². The van der Waals surface area contributed by atoms with E-state index in [1.54, 1.807) is 21.3 Å². The molecule has 122 valence electrons. The van der Waals surface area contributed by atoms with Crippen LogP contribution in [-0.4, -0.2) is 56.5 Å². The third-order valence-corrected chi connectivity index (χ3v) is 13.6. The van der Waals surface area contributed by atoms with Gasteiger partial charge in [-0.25, -0.2) is 0 Å². The van der Waals surface area contributed by atoms with E-state index in [4.69, 9.17) is 13.3 Å². The fourth-order valence-corrected chi connectivity index (χ4v) is 5.76. The van der Waals surface area contributed by atoms with E-state index in [0.717, 1.165) is 25.4 Å². The summed E-state index contributed by atoms with van der Waals surface area (Å²) in [6.45, 7) is 13.1. The van der Waals surface area contributed by atoms with Gasteiger partial charge in [0.2, 0.25) is 0 Å². The average Bonchev–Trinajstić information content (AvgIpc) is 2.38. The molecule has 4 nitrogen and oxygen atoms in total. The fourth-order valence-electron chi connectivity index (χ4n) is 2.10. The third-order valence-electron chi connectivity index (χ3n) is 4.95. The van der Waals surface area contributed by atoms with Gasteiger partial charge in [-0.1, -0.05) is 33.9 Å². The van der Waals surface area contributed by atoms with Gasteiger partial charge >= 0.3 is 8.80 Å². The lowest BCUT2D eigenvalue weighted by Crippen LogP contribution is -2.53. The van der Waals surface area contributed by atoms with E-state index in [-0.39, 0.29) is 0 Å². The molecule has 0 heterocycles. The maximum Gasteiger partial charge on any atom is 0.500 e. The molecule has 0 N–H and O–H groups in total. The van der Waals surface area contributed by atoms with Crippen LogP contribution in [0, 0.1) is 0 Å². The summed E-state index contributed by atoms with van der Waals surface area (Å²) in [5.74, 6) is 0. The molecular formula is C14H35NO3Si2. The molecule has 0 bridgehead atoms. The van der Waals surface area contributed by atoms with Crippen molar-refractivity contribution in [2.24, 2.45) is 0 Å².